The highest BCUT2D eigenvalue weighted by atomic mass is 35.5. The number of rotatable bonds is 2. The van der Waals surface area contributed by atoms with Gasteiger partial charge in [-0.25, -0.2) is 4.39 Å². The lowest BCUT2D eigenvalue weighted by molar-refractivity contribution is 0.204. The summed E-state index contributed by atoms with van der Waals surface area (Å²) < 4.78 is 13.0. The third kappa shape index (κ3) is 2.80. The molecule has 0 saturated heterocycles. The molecule has 94 valence electrons. The monoisotopic (exact) mass is 255 g/mol. The molecule has 0 heterocycles. The molecule has 2 N–H and O–H groups in total. The lowest BCUT2D eigenvalue weighted by Crippen LogP contribution is -2.50. The van der Waals surface area contributed by atoms with Crippen LogP contribution in [0, 0.1) is 11.7 Å². The number of hydrogen-bond donors (Lipinski definition) is 1. The van der Waals surface area contributed by atoms with Gasteiger partial charge in [-0.3, -0.25) is 0 Å². The molecule has 1 aliphatic rings. The first kappa shape index (κ1) is 12.8. The maximum atomic E-state index is 13.0. The largest absolute Gasteiger partial charge is 0.325 e. The third-order valence-electron chi connectivity index (χ3n) is 4.05. The van der Waals surface area contributed by atoms with E-state index in [1.165, 1.54) is 31.4 Å². The van der Waals surface area contributed by atoms with Crippen LogP contribution >= 0.6 is 11.6 Å². The fraction of sp³-hybridized carbons (Fsp3) is 0.571. The summed E-state index contributed by atoms with van der Waals surface area (Å²) >= 11 is 6.06. The van der Waals surface area contributed by atoms with Gasteiger partial charge >= 0.3 is 0 Å². The molecule has 2 unspecified atom stereocenters. The summed E-state index contributed by atoms with van der Waals surface area (Å²) in [6.07, 6.45) is 5.39. The molecule has 1 fully saturated rings. The normalized spacial score (nSPS) is 29.3. The van der Waals surface area contributed by atoms with Gasteiger partial charge in [0.1, 0.15) is 5.82 Å². The highest BCUT2D eigenvalue weighted by Gasteiger charge is 2.34. The fourth-order valence-corrected chi connectivity index (χ4v) is 2.95. The van der Waals surface area contributed by atoms with E-state index in [2.05, 4.69) is 6.92 Å². The van der Waals surface area contributed by atoms with Crippen molar-refractivity contribution in [2.45, 2.75) is 44.6 Å². The van der Waals surface area contributed by atoms with E-state index in [-0.39, 0.29) is 11.4 Å². The van der Waals surface area contributed by atoms with Crippen molar-refractivity contribution in [1.29, 1.82) is 0 Å². The van der Waals surface area contributed by atoms with Crippen LogP contribution in [0.3, 0.4) is 0 Å². The standard InChI is InChI=1S/C14H19ClFN/c1-10-4-2-3-7-14(10,17)9-11-5-6-12(16)8-13(11)15/h5-6,8,10H,2-4,7,9,17H2,1H3. The Hall–Kier alpha value is -0.600. The molecule has 0 bridgehead atoms. The van der Waals surface area contributed by atoms with Crippen molar-refractivity contribution in [3.63, 3.8) is 0 Å². The van der Waals surface area contributed by atoms with E-state index >= 15 is 0 Å². The van der Waals surface area contributed by atoms with Crippen molar-refractivity contribution in [2.24, 2.45) is 11.7 Å². The van der Waals surface area contributed by atoms with E-state index in [9.17, 15) is 4.39 Å². The van der Waals surface area contributed by atoms with E-state index in [4.69, 9.17) is 17.3 Å². The van der Waals surface area contributed by atoms with Crippen LogP contribution in [0.2, 0.25) is 5.02 Å². The molecule has 0 aromatic heterocycles. The first-order chi connectivity index (χ1) is 8.01. The quantitative estimate of drug-likeness (QED) is 0.851. The topological polar surface area (TPSA) is 26.0 Å². The summed E-state index contributed by atoms with van der Waals surface area (Å²) in [5.41, 5.74) is 7.27. The first-order valence-electron chi connectivity index (χ1n) is 6.24. The highest BCUT2D eigenvalue weighted by Crippen LogP contribution is 2.35. The Balaban J connectivity index is 2.19. The Bertz CT molecular complexity index is 407. The minimum absolute atomic E-state index is 0.181. The Labute approximate surface area is 107 Å². The summed E-state index contributed by atoms with van der Waals surface area (Å²) in [5, 5.41) is 0.493. The van der Waals surface area contributed by atoms with Gasteiger partial charge in [-0.1, -0.05) is 37.4 Å². The number of halogens is 2. The third-order valence-corrected chi connectivity index (χ3v) is 4.40. The first-order valence-corrected chi connectivity index (χ1v) is 6.62. The van der Waals surface area contributed by atoms with Gasteiger partial charge in [0.15, 0.2) is 0 Å². The van der Waals surface area contributed by atoms with Crippen molar-refractivity contribution in [3.8, 4) is 0 Å². The molecule has 0 spiro atoms. The van der Waals surface area contributed by atoms with Gasteiger partial charge in [0.05, 0.1) is 0 Å². The molecule has 2 rings (SSSR count). The Morgan fingerprint density at radius 2 is 2.24 bits per heavy atom. The summed E-state index contributed by atoms with van der Waals surface area (Å²) in [6.45, 7) is 2.20. The minimum atomic E-state index is -0.290. The average molecular weight is 256 g/mol. The molecule has 0 amide bonds. The van der Waals surface area contributed by atoms with Crippen molar-refractivity contribution in [1.82, 2.24) is 0 Å². The van der Waals surface area contributed by atoms with Gasteiger partial charge in [-0.05, 0) is 42.9 Å². The molecular weight excluding hydrogens is 237 g/mol. The van der Waals surface area contributed by atoms with Crippen LogP contribution in [-0.2, 0) is 6.42 Å². The van der Waals surface area contributed by atoms with Crippen LogP contribution in [-0.4, -0.2) is 5.54 Å². The Kier molecular flexibility index (Phi) is 3.74. The van der Waals surface area contributed by atoms with Gasteiger partial charge < -0.3 is 5.73 Å². The second kappa shape index (κ2) is 4.95. The SMILES string of the molecule is CC1CCCCC1(N)Cc1ccc(F)cc1Cl. The molecular formula is C14H19ClFN. The Morgan fingerprint density at radius 1 is 1.47 bits per heavy atom. The van der Waals surface area contributed by atoms with E-state index < -0.39 is 0 Å². The molecule has 1 aliphatic carbocycles. The number of benzene rings is 1. The van der Waals surface area contributed by atoms with Crippen LogP contribution < -0.4 is 5.73 Å². The lowest BCUT2D eigenvalue weighted by atomic mass is 9.71. The summed E-state index contributed by atoms with van der Waals surface area (Å²) in [4.78, 5) is 0. The van der Waals surface area contributed by atoms with Crippen molar-refractivity contribution >= 4 is 11.6 Å². The second-order valence-corrected chi connectivity index (χ2v) is 5.70. The predicted molar refractivity (Wildman–Crippen MR) is 69.7 cm³/mol. The van der Waals surface area contributed by atoms with E-state index in [1.807, 2.05) is 0 Å². The molecule has 0 radical (unpaired) electrons. The maximum absolute atomic E-state index is 13.0. The molecule has 3 heteroatoms. The van der Waals surface area contributed by atoms with Crippen molar-refractivity contribution in [2.75, 3.05) is 0 Å². The summed E-state index contributed by atoms with van der Waals surface area (Å²) in [5.74, 6) is 0.207. The second-order valence-electron chi connectivity index (χ2n) is 5.29. The smallest absolute Gasteiger partial charge is 0.124 e. The average Bonchev–Trinajstić information content (AvgIpc) is 2.27. The van der Waals surface area contributed by atoms with E-state index in [0.29, 0.717) is 10.9 Å². The van der Waals surface area contributed by atoms with E-state index in [1.54, 1.807) is 6.07 Å². The van der Waals surface area contributed by atoms with Crippen LogP contribution in [0.5, 0.6) is 0 Å². The zero-order valence-electron chi connectivity index (χ0n) is 10.2. The fourth-order valence-electron chi connectivity index (χ4n) is 2.72. The maximum Gasteiger partial charge on any atom is 0.124 e. The molecule has 1 aromatic rings. The zero-order chi connectivity index (χ0) is 12.5. The van der Waals surface area contributed by atoms with Crippen LogP contribution in [0.1, 0.15) is 38.2 Å². The van der Waals surface area contributed by atoms with Gasteiger partial charge in [0, 0.05) is 10.6 Å². The molecule has 0 aliphatic heterocycles. The molecule has 1 nitrogen and oxygen atoms in total. The molecule has 17 heavy (non-hydrogen) atoms. The molecule has 1 saturated carbocycles. The van der Waals surface area contributed by atoms with Gasteiger partial charge in [-0.15, -0.1) is 0 Å². The van der Waals surface area contributed by atoms with Gasteiger partial charge in [0.2, 0.25) is 0 Å². The summed E-state index contributed by atoms with van der Waals surface area (Å²) in [7, 11) is 0. The minimum Gasteiger partial charge on any atom is -0.325 e. The number of nitrogens with two attached hydrogens (primary N) is 1. The number of hydrogen-bond acceptors (Lipinski definition) is 1. The predicted octanol–water partition coefficient (Wildman–Crippen LogP) is 3.93. The van der Waals surface area contributed by atoms with Gasteiger partial charge in [-0.2, -0.15) is 0 Å². The van der Waals surface area contributed by atoms with Crippen LogP contribution in [0.15, 0.2) is 18.2 Å². The zero-order valence-corrected chi connectivity index (χ0v) is 10.9. The van der Waals surface area contributed by atoms with Crippen LogP contribution in [0.25, 0.3) is 0 Å². The summed E-state index contributed by atoms with van der Waals surface area (Å²) in [6, 6.07) is 4.58. The van der Waals surface area contributed by atoms with Crippen molar-refractivity contribution in [3.05, 3.63) is 34.6 Å². The van der Waals surface area contributed by atoms with Crippen LogP contribution in [0.4, 0.5) is 4.39 Å². The Morgan fingerprint density at radius 3 is 2.88 bits per heavy atom. The molecule has 1 aromatic carbocycles. The van der Waals surface area contributed by atoms with Crippen molar-refractivity contribution < 1.29 is 4.39 Å². The van der Waals surface area contributed by atoms with Gasteiger partial charge in [0.25, 0.3) is 0 Å². The highest BCUT2D eigenvalue weighted by molar-refractivity contribution is 6.31. The molecule has 2 atom stereocenters. The lowest BCUT2D eigenvalue weighted by Gasteiger charge is -2.40. The van der Waals surface area contributed by atoms with E-state index in [0.717, 1.165) is 18.4 Å².